The van der Waals surface area contributed by atoms with E-state index < -0.39 is 36.2 Å². The van der Waals surface area contributed by atoms with E-state index in [1.54, 1.807) is 20.8 Å². The Balaban J connectivity index is 1.36. The van der Waals surface area contributed by atoms with E-state index >= 15 is 0 Å². The molecule has 0 aromatic heterocycles. The van der Waals surface area contributed by atoms with Crippen molar-refractivity contribution in [3.05, 3.63) is 95.6 Å². The molecule has 3 atom stereocenters. The first kappa shape index (κ1) is 27.9. The number of fused-ring (bicyclic) bond motifs is 3. The van der Waals surface area contributed by atoms with Gasteiger partial charge in [0.15, 0.2) is 6.04 Å². The van der Waals surface area contributed by atoms with Crippen molar-refractivity contribution < 1.29 is 29.0 Å². The summed E-state index contributed by atoms with van der Waals surface area (Å²) in [5.74, 6) is -2.29. The van der Waals surface area contributed by atoms with Crippen LogP contribution in [0.25, 0.3) is 11.1 Å². The summed E-state index contributed by atoms with van der Waals surface area (Å²) in [6.07, 6.45) is -1.56. The topological polar surface area (TPSA) is 114 Å². The molecular weight excluding hydrogens is 496 g/mol. The van der Waals surface area contributed by atoms with E-state index in [1.807, 2.05) is 66.7 Å². The summed E-state index contributed by atoms with van der Waals surface area (Å²) in [7, 11) is 0. The maximum atomic E-state index is 13.1. The molecule has 3 N–H and O–H groups in total. The van der Waals surface area contributed by atoms with Crippen LogP contribution in [0.3, 0.4) is 0 Å². The minimum Gasteiger partial charge on any atom is -0.480 e. The molecule has 0 fully saturated rings. The molecule has 0 spiro atoms. The number of ether oxygens (including phenoxy) is 2. The number of benzene rings is 3. The molecule has 2 amide bonds. The summed E-state index contributed by atoms with van der Waals surface area (Å²) < 4.78 is 11.3. The van der Waals surface area contributed by atoms with Gasteiger partial charge in [-0.05, 0) is 40.7 Å². The fourth-order valence-corrected chi connectivity index (χ4v) is 4.82. The molecule has 1 aliphatic carbocycles. The average molecular weight is 531 g/mol. The van der Waals surface area contributed by atoms with Crippen LogP contribution in [0.15, 0.2) is 78.9 Å². The Morgan fingerprint density at radius 2 is 1.36 bits per heavy atom. The van der Waals surface area contributed by atoms with E-state index in [2.05, 4.69) is 22.8 Å². The maximum absolute atomic E-state index is 13.1. The smallest absolute Gasteiger partial charge is 0.407 e. The number of hydrogen-bond donors (Lipinski definition) is 3. The first-order chi connectivity index (χ1) is 18.8. The fraction of sp³-hybridized carbons (Fsp3) is 0.323. The molecular formula is C31H34N2O6. The minimum absolute atomic E-state index is 0.106. The third-order valence-electron chi connectivity index (χ3n) is 6.96. The van der Waals surface area contributed by atoms with Crippen LogP contribution >= 0.6 is 0 Å². The van der Waals surface area contributed by atoms with E-state index in [0.29, 0.717) is 0 Å². The summed E-state index contributed by atoms with van der Waals surface area (Å²) in [5.41, 5.74) is 5.28. The van der Waals surface area contributed by atoms with Crippen LogP contribution in [-0.2, 0) is 25.7 Å². The summed E-state index contributed by atoms with van der Waals surface area (Å²) in [6, 6.07) is 23.1. The van der Waals surface area contributed by atoms with Crippen LogP contribution in [0.5, 0.6) is 0 Å². The SMILES string of the molecule is CC(OCc1ccccc1)C(NC(=O)[C@H](NC(=O)OCC1c2ccccc2-c2ccccc21)C(C)C)C(=O)O. The molecule has 0 saturated carbocycles. The Morgan fingerprint density at radius 3 is 1.92 bits per heavy atom. The fourth-order valence-electron chi connectivity index (χ4n) is 4.82. The van der Waals surface area contributed by atoms with Crippen molar-refractivity contribution in [3.8, 4) is 11.1 Å². The molecule has 2 unspecified atom stereocenters. The number of carboxylic acids is 1. The second-order valence-electron chi connectivity index (χ2n) is 10.0. The van der Waals surface area contributed by atoms with Gasteiger partial charge in [-0.3, -0.25) is 4.79 Å². The van der Waals surface area contributed by atoms with Gasteiger partial charge in [-0.15, -0.1) is 0 Å². The number of amides is 2. The predicted octanol–water partition coefficient (Wildman–Crippen LogP) is 4.72. The Hall–Kier alpha value is -4.17. The third kappa shape index (κ3) is 6.64. The van der Waals surface area contributed by atoms with Crippen LogP contribution in [-0.4, -0.2) is 47.9 Å². The standard InChI is InChI=1S/C31H34N2O6/c1-19(2)27(29(34)32-28(30(35)36)20(3)38-17-21-11-5-4-6-12-21)33-31(37)39-18-26-24-15-9-7-13-22(24)23-14-8-10-16-25(23)26/h4-16,19-20,26-28H,17-18H2,1-3H3,(H,32,34)(H,33,37)(H,35,36)/t20?,27-,28?/m1/s1. The van der Waals surface area contributed by atoms with Crippen LogP contribution in [0.4, 0.5) is 4.79 Å². The number of aliphatic carboxylic acids is 1. The van der Waals surface area contributed by atoms with Crippen LogP contribution < -0.4 is 10.6 Å². The van der Waals surface area contributed by atoms with Gasteiger partial charge in [0.25, 0.3) is 0 Å². The molecule has 0 bridgehead atoms. The number of carbonyl (C=O) groups is 3. The van der Waals surface area contributed by atoms with E-state index in [1.165, 1.54) is 0 Å². The van der Waals surface area contributed by atoms with Crippen LogP contribution in [0.2, 0.25) is 0 Å². The van der Waals surface area contributed by atoms with Gasteiger partial charge in [-0.1, -0.05) is 92.7 Å². The highest BCUT2D eigenvalue weighted by atomic mass is 16.5. The Morgan fingerprint density at radius 1 is 0.795 bits per heavy atom. The largest absolute Gasteiger partial charge is 0.480 e. The second-order valence-corrected chi connectivity index (χ2v) is 10.0. The summed E-state index contributed by atoms with van der Waals surface area (Å²) >= 11 is 0. The molecule has 204 valence electrons. The number of nitrogens with one attached hydrogen (secondary N) is 2. The van der Waals surface area contributed by atoms with Crippen molar-refractivity contribution in [1.29, 1.82) is 0 Å². The van der Waals surface area contributed by atoms with E-state index in [9.17, 15) is 19.5 Å². The van der Waals surface area contributed by atoms with Crippen LogP contribution in [0.1, 0.15) is 43.4 Å². The summed E-state index contributed by atoms with van der Waals surface area (Å²) in [5, 5.41) is 14.9. The van der Waals surface area contributed by atoms with E-state index in [0.717, 1.165) is 27.8 Å². The highest BCUT2D eigenvalue weighted by molar-refractivity contribution is 5.89. The molecule has 1 aliphatic rings. The van der Waals surface area contributed by atoms with Gasteiger partial charge in [-0.2, -0.15) is 0 Å². The lowest BCUT2D eigenvalue weighted by atomic mass is 9.98. The molecule has 0 saturated heterocycles. The van der Waals surface area contributed by atoms with Crippen molar-refractivity contribution in [2.24, 2.45) is 5.92 Å². The first-order valence-corrected chi connectivity index (χ1v) is 13.1. The minimum atomic E-state index is -1.30. The number of carbonyl (C=O) groups excluding carboxylic acids is 2. The Labute approximate surface area is 228 Å². The second kappa shape index (κ2) is 12.6. The lowest BCUT2D eigenvalue weighted by Crippen LogP contribution is -2.56. The normalized spacial score (nSPS) is 14.6. The quantitative estimate of drug-likeness (QED) is 0.331. The molecule has 4 rings (SSSR count). The Kier molecular flexibility index (Phi) is 8.99. The van der Waals surface area contributed by atoms with Crippen molar-refractivity contribution >= 4 is 18.0 Å². The van der Waals surface area contributed by atoms with Gasteiger partial charge in [0.1, 0.15) is 12.6 Å². The monoisotopic (exact) mass is 530 g/mol. The van der Waals surface area contributed by atoms with Gasteiger partial charge < -0.3 is 25.2 Å². The van der Waals surface area contributed by atoms with Gasteiger partial charge in [0.05, 0.1) is 12.7 Å². The zero-order chi connectivity index (χ0) is 27.9. The zero-order valence-electron chi connectivity index (χ0n) is 22.3. The van der Waals surface area contributed by atoms with Gasteiger partial charge >= 0.3 is 12.1 Å². The number of alkyl carbamates (subject to hydrolysis) is 1. The van der Waals surface area contributed by atoms with Crippen molar-refractivity contribution in [1.82, 2.24) is 10.6 Å². The average Bonchev–Trinajstić information content (AvgIpc) is 3.26. The molecule has 0 heterocycles. The van der Waals surface area contributed by atoms with Crippen molar-refractivity contribution in [2.75, 3.05) is 6.61 Å². The molecule has 8 nitrogen and oxygen atoms in total. The number of hydrogen-bond acceptors (Lipinski definition) is 5. The highest BCUT2D eigenvalue weighted by Crippen LogP contribution is 2.44. The lowest BCUT2D eigenvalue weighted by Gasteiger charge is -2.26. The predicted molar refractivity (Wildman–Crippen MR) is 147 cm³/mol. The molecule has 0 radical (unpaired) electrons. The third-order valence-corrected chi connectivity index (χ3v) is 6.96. The van der Waals surface area contributed by atoms with Crippen molar-refractivity contribution in [3.63, 3.8) is 0 Å². The van der Waals surface area contributed by atoms with E-state index in [-0.39, 0.29) is 25.0 Å². The molecule has 3 aromatic carbocycles. The van der Waals surface area contributed by atoms with Crippen molar-refractivity contribution in [2.45, 2.75) is 51.5 Å². The Bertz CT molecular complexity index is 1260. The first-order valence-electron chi connectivity index (χ1n) is 13.1. The molecule has 39 heavy (non-hydrogen) atoms. The zero-order valence-corrected chi connectivity index (χ0v) is 22.3. The van der Waals surface area contributed by atoms with Gasteiger partial charge in [-0.25, -0.2) is 9.59 Å². The van der Waals surface area contributed by atoms with Gasteiger partial charge in [0, 0.05) is 5.92 Å². The van der Waals surface area contributed by atoms with E-state index in [4.69, 9.17) is 9.47 Å². The number of carboxylic acid groups (broad SMARTS) is 1. The summed E-state index contributed by atoms with van der Waals surface area (Å²) in [4.78, 5) is 37.8. The summed E-state index contributed by atoms with van der Waals surface area (Å²) in [6.45, 7) is 5.42. The highest BCUT2D eigenvalue weighted by Gasteiger charge is 2.33. The number of rotatable bonds is 11. The van der Waals surface area contributed by atoms with Gasteiger partial charge in [0.2, 0.25) is 5.91 Å². The molecule has 0 aliphatic heterocycles. The van der Waals surface area contributed by atoms with Crippen LogP contribution in [0, 0.1) is 5.92 Å². The molecule has 3 aromatic rings. The molecule has 8 heteroatoms. The lowest BCUT2D eigenvalue weighted by molar-refractivity contribution is -0.147. The maximum Gasteiger partial charge on any atom is 0.407 e.